The fraction of sp³-hybridized carbons (Fsp3) is 0.886. The second-order valence-electron chi connectivity index (χ2n) is 33.2. The van der Waals surface area contributed by atoms with Gasteiger partial charge < -0.3 is 16.4 Å². The number of amides is 2. The maximum absolute atomic E-state index is 15.2. The number of nitrogens with one attached hydrogen (secondary N) is 2. The van der Waals surface area contributed by atoms with E-state index < -0.39 is 22.8 Å². The van der Waals surface area contributed by atoms with Gasteiger partial charge in [-0.05, 0) is 264 Å². The average Bonchev–Trinajstić information content (AvgIpc) is 3.97. The average molecular weight is 1060 g/mol. The highest BCUT2D eigenvalue weighted by atomic mass is 16.2. The van der Waals surface area contributed by atoms with Crippen molar-refractivity contribution in [3.63, 3.8) is 0 Å². The highest BCUT2D eigenvalue weighted by molar-refractivity contribution is 5.91. The van der Waals surface area contributed by atoms with Gasteiger partial charge in [-0.1, -0.05) is 107 Å². The Hall–Kier alpha value is -2.28. The van der Waals surface area contributed by atoms with E-state index in [9.17, 15) is 9.59 Å². The molecule has 7 nitrogen and oxygen atoms in total. The van der Waals surface area contributed by atoms with Crippen LogP contribution in [0.1, 0.15) is 239 Å². The number of Topliss-reactive ketones (excluding diaryl/α,β-unsaturated/α-hetero) is 2. The lowest BCUT2D eigenvalue weighted by atomic mass is 9.32. The summed E-state index contributed by atoms with van der Waals surface area (Å²) in [7, 11) is 0. The maximum atomic E-state index is 15.2. The first-order valence-electron chi connectivity index (χ1n) is 32.4. The second-order valence-corrected chi connectivity index (χ2v) is 33.2. The van der Waals surface area contributed by atoms with Gasteiger partial charge in [0.25, 0.3) is 0 Å². The predicted molar refractivity (Wildman–Crippen MR) is 314 cm³/mol. The van der Waals surface area contributed by atoms with Crippen LogP contribution in [0, 0.1) is 131 Å². The first kappa shape index (κ1) is 57.9. The second kappa shape index (κ2) is 19.1. The summed E-state index contributed by atoms with van der Waals surface area (Å²) in [5.74, 6) is 5.42. The maximum Gasteiger partial charge on any atom is 0.226 e. The van der Waals surface area contributed by atoms with E-state index in [1.807, 2.05) is 0 Å². The normalized spacial score (nSPS) is 49.8. The molecule has 10 rings (SSSR count). The summed E-state index contributed by atoms with van der Waals surface area (Å²) in [6.45, 7) is 46.6. The van der Waals surface area contributed by atoms with Gasteiger partial charge in [0.1, 0.15) is 5.78 Å². The molecule has 10 aliphatic rings. The van der Waals surface area contributed by atoms with Crippen LogP contribution in [0.4, 0.5) is 0 Å². The first-order chi connectivity index (χ1) is 35.8. The van der Waals surface area contributed by atoms with Crippen molar-refractivity contribution in [1.29, 1.82) is 0 Å². The lowest BCUT2D eigenvalue weighted by molar-refractivity contribution is -0.240. The van der Waals surface area contributed by atoms with Crippen LogP contribution in [0.15, 0.2) is 24.3 Å². The Morgan fingerprint density at radius 1 is 0.481 bits per heavy atom. The molecule has 10 saturated carbocycles. The number of nitrogens with two attached hydrogens (primary N) is 1. The zero-order chi connectivity index (χ0) is 56.2. The van der Waals surface area contributed by atoms with Crippen molar-refractivity contribution in [2.75, 3.05) is 13.1 Å². The smallest absolute Gasteiger partial charge is 0.226 e. The molecule has 77 heavy (non-hydrogen) atoms. The third-order valence-electron chi connectivity index (χ3n) is 30.6. The third-order valence-corrected chi connectivity index (χ3v) is 30.6. The minimum Gasteiger partial charge on any atom is -0.355 e. The molecule has 2 amide bonds. The molecular formula is C70H113N3O4. The first-order valence-corrected chi connectivity index (χ1v) is 32.4. The van der Waals surface area contributed by atoms with Gasteiger partial charge in [0.05, 0.1) is 16.9 Å². The number of carbonyl (C=O) groups excluding carboxylic acids is 4. The summed E-state index contributed by atoms with van der Waals surface area (Å²) < 4.78 is 0. The molecule has 0 aromatic heterocycles. The molecule has 4 N–H and O–H groups in total. The molecule has 0 radical (unpaired) electrons. The summed E-state index contributed by atoms with van der Waals surface area (Å²) in [6.07, 6.45) is 22.8. The Balaban J connectivity index is 0.800. The molecule has 22 unspecified atom stereocenters. The van der Waals surface area contributed by atoms with Gasteiger partial charge in [-0.25, -0.2) is 0 Å². The van der Waals surface area contributed by atoms with Gasteiger partial charge in [0.2, 0.25) is 11.8 Å². The number of carbonyl (C=O) groups is 4. The van der Waals surface area contributed by atoms with E-state index >= 15 is 9.59 Å². The Kier molecular flexibility index (Phi) is 14.4. The fourth-order valence-electron chi connectivity index (χ4n) is 25.1. The van der Waals surface area contributed by atoms with Crippen LogP contribution >= 0.6 is 0 Å². The van der Waals surface area contributed by atoms with Crippen LogP contribution in [0.3, 0.4) is 0 Å². The van der Waals surface area contributed by atoms with Gasteiger partial charge >= 0.3 is 0 Å². The summed E-state index contributed by atoms with van der Waals surface area (Å²) in [5.41, 5.74) is 10.2. The Morgan fingerprint density at radius 3 is 1.27 bits per heavy atom. The van der Waals surface area contributed by atoms with E-state index in [1.54, 1.807) is 6.92 Å². The third kappa shape index (κ3) is 8.00. The van der Waals surface area contributed by atoms with Crippen LogP contribution in [-0.2, 0) is 19.2 Å². The largest absolute Gasteiger partial charge is 0.355 e. The Bertz CT molecular complexity index is 2400. The van der Waals surface area contributed by atoms with Gasteiger partial charge in [0.15, 0.2) is 5.78 Å². The highest BCUT2D eigenvalue weighted by Crippen LogP contribution is 2.80. The van der Waals surface area contributed by atoms with Crippen LogP contribution in [-0.4, -0.2) is 42.5 Å². The molecule has 432 valence electrons. The molecule has 0 saturated heterocycles. The summed E-state index contributed by atoms with van der Waals surface area (Å²) >= 11 is 0. The van der Waals surface area contributed by atoms with Gasteiger partial charge in [-0.15, -0.1) is 0 Å². The summed E-state index contributed by atoms with van der Waals surface area (Å²) in [6, 6.07) is -0.937. The number of fused-ring (bicyclic) bond motifs is 14. The molecule has 22 atom stereocenters. The molecule has 0 aliphatic heterocycles. The van der Waals surface area contributed by atoms with Crippen molar-refractivity contribution in [2.24, 2.45) is 137 Å². The number of rotatable bonds is 12. The zero-order valence-corrected chi connectivity index (χ0v) is 52.0. The zero-order valence-electron chi connectivity index (χ0n) is 52.0. The molecule has 10 aliphatic carbocycles. The summed E-state index contributed by atoms with van der Waals surface area (Å²) in [5, 5.41) is 6.68. The Morgan fingerprint density at radius 2 is 0.883 bits per heavy atom. The van der Waals surface area contributed by atoms with Crippen LogP contribution in [0.25, 0.3) is 0 Å². The van der Waals surface area contributed by atoms with Crippen LogP contribution in [0.5, 0.6) is 0 Å². The molecule has 10 fully saturated rings. The summed E-state index contributed by atoms with van der Waals surface area (Å²) in [4.78, 5) is 57.9. The van der Waals surface area contributed by atoms with Crippen molar-refractivity contribution in [2.45, 2.75) is 245 Å². The lowest BCUT2D eigenvalue weighted by Crippen LogP contribution is -2.67. The van der Waals surface area contributed by atoms with Crippen LogP contribution < -0.4 is 16.4 Å². The number of hydrogen-bond donors (Lipinski definition) is 3. The minimum absolute atomic E-state index is 0.0468. The SMILES string of the molecule is C=C(C)C1CCC2(C(=O)NCC(N)C(=O)CC(CNC(=O)C34CCC(C(=C)C)C3C3CCC5C6(C)CCC(C)C(C)(C)C6CCC5(C)C3(C)CC4)C(C)=O)CCC3(C)C(CCC4C5(C)CCC(C)C(C)(C)C5CCC43C)C12. The molecule has 7 heteroatoms. The predicted octanol–water partition coefficient (Wildman–Crippen LogP) is 15.3. The highest BCUT2D eigenvalue weighted by Gasteiger charge is 2.74. The van der Waals surface area contributed by atoms with Gasteiger partial charge in [-0.2, -0.15) is 0 Å². The van der Waals surface area contributed by atoms with E-state index in [2.05, 4.69) is 121 Å². The van der Waals surface area contributed by atoms with Crippen molar-refractivity contribution < 1.29 is 19.2 Å². The van der Waals surface area contributed by atoms with Crippen molar-refractivity contribution in [3.8, 4) is 0 Å². The number of hydrogen-bond acceptors (Lipinski definition) is 5. The van der Waals surface area contributed by atoms with E-state index in [0.29, 0.717) is 57.2 Å². The molecule has 0 heterocycles. The monoisotopic (exact) mass is 1060 g/mol. The van der Waals surface area contributed by atoms with Crippen molar-refractivity contribution in [3.05, 3.63) is 24.3 Å². The topological polar surface area (TPSA) is 118 Å². The van der Waals surface area contributed by atoms with E-state index in [4.69, 9.17) is 5.73 Å². The van der Waals surface area contributed by atoms with Gasteiger partial charge in [-0.3, -0.25) is 19.2 Å². The molecule has 0 bridgehead atoms. The van der Waals surface area contributed by atoms with E-state index in [0.717, 1.165) is 75.0 Å². The van der Waals surface area contributed by atoms with Crippen LogP contribution in [0.2, 0.25) is 0 Å². The van der Waals surface area contributed by atoms with E-state index in [-0.39, 0.29) is 76.4 Å². The van der Waals surface area contributed by atoms with Crippen molar-refractivity contribution in [1.82, 2.24) is 10.6 Å². The molecule has 0 aromatic carbocycles. The quantitative estimate of drug-likeness (QED) is 0.168. The molecule has 0 spiro atoms. The lowest BCUT2D eigenvalue weighted by Gasteiger charge is -2.73. The standard InChI is InChI=1S/C70H113N3O4/c1-41(2)47-24-32-69(36-34-65(14)49(57(47)69)18-20-55-63(12)28-22-43(5)61(8,9)53(63)26-30-67(55,65)16)59(76)72-39-46(45(7)74)38-52(75)51(71)40-73-60(77)70-33-25-48(42(3)4)58(70)50-19-21-56-64(13)29-23-44(6)62(10,11)54(64)27-31-68(56,17)66(50,15)35-37-70/h43-44,46-51,53-58H,1,3,18-40,71H2,2,4-17H3,(H,72,76)(H,73,77). The molecule has 0 aromatic rings. The van der Waals surface area contributed by atoms with E-state index in [1.165, 1.54) is 88.2 Å². The van der Waals surface area contributed by atoms with Gasteiger partial charge in [0, 0.05) is 25.4 Å². The fourth-order valence-corrected chi connectivity index (χ4v) is 25.1. The van der Waals surface area contributed by atoms with Crippen molar-refractivity contribution >= 4 is 23.4 Å². The molecular weight excluding hydrogens is 947 g/mol. The Labute approximate surface area is 470 Å². The minimum atomic E-state index is -0.937. The number of allylic oxidation sites excluding steroid dienone is 2. The number of ketones is 2.